The van der Waals surface area contributed by atoms with Gasteiger partial charge in [0, 0.05) is 31.2 Å². The molecule has 9 heteroatoms. The average molecular weight is 614 g/mol. The predicted octanol–water partition coefficient (Wildman–Crippen LogP) is 4.90. The summed E-state index contributed by atoms with van der Waals surface area (Å²) in [5.41, 5.74) is 1.69. The molecule has 238 valence electrons. The highest BCUT2D eigenvalue weighted by Gasteiger charge is 2.32. The molecule has 3 aromatic rings. The molecule has 4 atom stereocenters. The third kappa shape index (κ3) is 9.99. The molecule has 4 rings (SSSR count). The molecule has 0 unspecified atom stereocenters. The molecule has 3 aromatic carbocycles. The van der Waals surface area contributed by atoms with Gasteiger partial charge in [-0.25, -0.2) is 4.79 Å². The highest BCUT2D eigenvalue weighted by molar-refractivity contribution is 5.93. The van der Waals surface area contributed by atoms with Crippen LogP contribution in [0.2, 0.25) is 0 Å². The van der Waals surface area contributed by atoms with Gasteiger partial charge in [0.15, 0.2) is 5.78 Å². The Morgan fingerprint density at radius 1 is 0.978 bits per heavy atom. The molecule has 0 spiro atoms. The van der Waals surface area contributed by atoms with E-state index in [4.69, 9.17) is 4.74 Å². The number of aldehydes is 1. The fourth-order valence-electron chi connectivity index (χ4n) is 5.90. The molecule has 3 amide bonds. The van der Waals surface area contributed by atoms with E-state index in [1.54, 1.807) is 0 Å². The van der Waals surface area contributed by atoms with E-state index >= 15 is 0 Å². The molecule has 3 N–H and O–H groups in total. The van der Waals surface area contributed by atoms with Gasteiger partial charge in [-0.05, 0) is 53.5 Å². The van der Waals surface area contributed by atoms with Gasteiger partial charge in [-0.3, -0.25) is 14.4 Å². The first-order chi connectivity index (χ1) is 21.7. The number of alkyl carbamates (subject to hydrolysis) is 1. The van der Waals surface area contributed by atoms with Gasteiger partial charge in [0.05, 0.1) is 12.1 Å². The molecule has 0 radical (unpaired) electrons. The van der Waals surface area contributed by atoms with Crippen LogP contribution in [0.1, 0.15) is 57.1 Å². The number of nitrogens with one attached hydrogen (secondary N) is 3. The number of carbonyl (C=O) groups excluding carboxylic acids is 5. The van der Waals surface area contributed by atoms with Gasteiger partial charge >= 0.3 is 6.09 Å². The Kier molecular flexibility index (Phi) is 12.2. The van der Waals surface area contributed by atoms with Crippen LogP contribution in [0, 0.1) is 17.8 Å². The minimum absolute atomic E-state index is 0.0479. The Hall–Kier alpha value is -4.53. The van der Waals surface area contributed by atoms with Crippen LogP contribution in [-0.4, -0.2) is 48.6 Å². The maximum atomic E-state index is 13.9. The molecule has 1 fully saturated rings. The summed E-state index contributed by atoms with van der Waals surface area (Å²) in [5, 5.41) is 10.3. The second kappa shape index (κ2) is 16.5. The Bertz CT molecular complexity index is 1470. The molecule has 1 aliphatic rings. The van der Waals surface area contributed by atoms with Gasteiger partial charge in [0.2, 0.25) is 11.8 Å². The van der Waals surface area contributed by atoms with Crippen LogP contribution in [0.15, 0.2) is 72.8 Å². The first-order valence-electron chi connectivity index (χ1n) is 15.7. The first kappa shape index (κ1) is 33.4. The summed E-state index contributed by atoms with van der Waals surface area (Å²) in [4.78, 5) is 64.6. The van der Waals surface area contributed by atoms with Crippen LogP contribution in [0.5, 0.6) is 0 Å². The highest BCUT2D eigenvalue weighted by atomic mass is 16.5. The lowest BCUT2D eigenvalue weighted by atomic mass is 9.87. The number of ketones is 1. The number of rotatable bonds is 15. The number of piperidine rings is 1. The normalized spacial score (nSPS) is 16.7. The van der Waals surface area contributed by atoms with Crippen LogP contribution in [-0.2, 0) is 36.9 Å². The number of benzene rings is 3. The summed E-state index contributed by atoms with van der Waals surface area (Å²) < 4.78 is 5.45. The molecule has 0 saturated carbocycles. The quantitative estimate of drug-likeness (QED) is 0.209. The van der Waals surface area contributed by atoms with Gasteiger partial charge in [-0.1, -0.05) is 86.6 Å². The first-order valence-corrected chi connectivity index (χ1v) is 15.7. The zero-order valence-corrected chi connectivity index (χ0v) is 26.0. The maximum Gasteiger partial charge on any atom is 0.408 e. The third-order valence-electron chi connectivity index (χ3n) is 8.20. The minimum atomic E-state index is -0.950. The van der Waals surface area contributed by atoms with E-state index in [1.165, 1.54) is 0 Å². The summed E-state index contributed by atoms with van der Waals surface area (Å²) in [6.07, 6.45) is 2.10. The molecule has 45 heavy (non-hydrogen) atoms. The molecule has 0 bridgehead atoms. The molecule has 0 aliphatic carbocycles. The van der Waals surface area contributed by atoms with Crippen molar-refractivity contribution < 1.29 is 28.7 Å². The highest BCUT2D eigenvalue weighted by Crippen LogP contribution is 2.23. The fraction of sp³-hybridized carbons (Fsp3) is 0.417. The summed E-state index contributed by atoms with van der Waals surface area (Å²) in [7, 11) is 0. The third-order valence-corrected chi connectivity index (χ3v) is 8.20. The van der Waals surface area contributed by atoms with Crippen LogP contribution < -0.4 is 16.0 Å². The number of Topliss-reactive ketones (excluding diaryl/α,β-unsaturated/α-hetero) is 1. The number of ether oxygens (including phenoxy) is 1. The fourth-order valence-corrected chi connectivity index (χ4v) is 5.90. The Balaban J connectivity index is 1.50. The van der Waals surface area contributed by atoms with Gasteiger partial charge in [-0.15, -0.1) is 0 Å². The summed E-state index contributed by atoms with van der Waals surface area (Å²) in [6, 6.07) is 21.1. The molecule has 1 saturated heterocycles. The molecule has 9 nitrogen and oxygen atoms in total. The van der Waals surface area contributed by atoms with Gasteiger partial charge in [0.1, 0.15) is 12.9 Å². The summed E-state index contributed by atoms with van der Waals surface area (Å²) in [6.45, 7) is 4.58. The van der Waals surface area contributed by atoms with E-state index in [2.05, 4.69) is 16.0 Å². The van der Waals surface area contributed by atoms with E-state index in [1.807, 2.05) is 86.6 Å². The van der Waals surface area contributed by atoms with Crippen LogP contribution in [0.4, 0.5) is 4.79 Å². The van der Waals surface area contributed by atoms with Crippen molar-refractivity contribution in [3.63, 3.8) is 0 Å². The van der Waals surface area contributed by atoms with Crippen LogP contribution in [0.3, 0.4) is 0 Å². The number of fused-ring (bicyclic) bond motifs is 1. The number of carbonyl (C=O) groups is 5. The zero-order valence-electron chi connectivity index (χ0n) is 26.0. The van der Waals surface area contributed by atoms with Crippen molar-refractivity contribution in [1.82, 2.24) is 16.0 Å². The van der Waals surface area contributed by atoms with Crippen molar-refractivity contribution in [1.29, 1.82) is 0 Å². The monoisotopic (exact) mass is 613 g/mol. The van der Waals surface area contributed by atoms with E-state index in [-0.39, 0.29) is 49.4 Å². The standard InChI is InChI=1S/C36H43N3O6/c1-24(2)18-29(35(43)38-30(22-40)19-28-15-9-17-37-34(28)42)21-33(41)32(39-36(44)45-23-25-10-4-3-5-11-25)20-27-14-8-13-26-12-6-7-16-31(26)27/h3-8,10-14,16,22,24,28-30,32H,9,15,17-21,23H2,1-2H3,(H,37,42)(H,38,43)(H,39,44)/t28-,29+,30-,32+/m0/s1. The second-order valence-corrected chi connectivity index (χ2v) is 12.2. The number of amides is 3. The van der Waals surface area contributed by atoms with Crippen LogP contribution in [0.25, 0.3) is 10.8 Å². The Labute approximate surface area is 264 Å². The topological polar surface area (TPSA) is 131 Å². The summed E-state index contributed by atoms with van der Waals surface area (Å²) >= 11 is 0. The smallest absolute Gasteiger partial charge is 0.408 e. The van der Waals surface area contributed by atoms with E-state index in [0.717, 1.165) is 28.3 Å². The van der Waals surface area contributed by atoms with Crippen molar-refractivity contribution >= 4 is 40.7 Å². The average Bonchev–Trinajstić information content (AvgIpc) is 3.04. The Morgan fingerprint density at radius 2 is 1.71 bits per heavy atom. The van der Waals surface area contributed by atoms with Crippen molar-refractivity contribution in [3.8, 4) is 0 Å². The number of hydrogen-bond acceptors (Lipinski definition) is 6. The lowest BCUT2D eigenvalue weighted by Gasteiger charge is -2.26. The van der Waals surface area contributed by atoms with Crippen molar-refractivity contribution in [2.45, 2.75) is 71.1 Å². The molecular weight excluding hydrogens is 570 g/mol. The number of hydrogen-bond donors (Lipinski definition) is 3. The maximum absolute atomic E-state index is 13.9. The van der Waals surface area contributed by atoms with Gasteiger partial charge in [-0.2, -0.15) is 0 Å². The predicted molar refractivity (Wildman–Crippen MR) is 172 cm³/mol. The molecule has 0 aromatic heterocycles. The summed E-state index contributed by atoms with van der Waals surface area (Å²) in [5.74, 6) is -1.83. The molecule has 1 heterocycles. The minimum Gasteiger partial charge on any atom is -0.445 e. The van der Waals surface area contributed by atoms with Crippen molar-refractivity contribution in [2.24, 2.45) is 17.8 Å². The Morgan fingerprint density at radius 3 is 2.44 bits per heavy atom. The lowest BCUT2D eigenvalue weighted by Crippen LogP contribution is -2.47. The largest absolute Gasteiger partial charge is 0.445 e. The molecule has 1 aliphatic heterocycles. The van der Waals surface area contributed by atoms with E-state index < -0.39 is 30.0 Å². The van der Waals surface area contributed by atoms with Crippen molar-refractivity contribution in [2.75, 3.05) is 6.54 Å². The lowest BCUT2D eigenvalue weighted by molar-refractivity contribution is -0.132. The van der Waals surface area contributed by atoms with Crippen LogP contribution >= 0.6 is 0 Å². The van der Waals surface area contributed by atoms with Gasteiger partial charge < -0.3 is 25.5 Å². The van der Waals surface area contributed by atoms with Crippen molar-refractivity contribution in [3.05, 3.63) is 83.9 Å². The SMILES string of the molecule is CC(C)C[C@H](CC(=O)[C@@H](Cc1cccc2ccccc12)NC(=O)OCc1ccccc1)C(=O)N[C@H](C=O)C[C@@H]1CCCNC1=O. The molecular formula is C36H43N3O6. The van der Waals surface area contributed by atoms with E-state index in [9.17, 15) is 24.0 Å². The van der Waals surface area contributed by atoms with E-state index in [0.29, 0.717) is 25.7 Å². The second-order valence-electron chi connectivity index (χ2n) is 12.2. The zero-order chi connectivity index (χ0) is 32.2. The van der Waals surface area contributed by atoms with Gasteiger partial charge in [0.25, 0.3) is 0 Å².